The van der Waals surface area contributed by atoms with Crippen LogP contribution in [0.4, 0.5) is 40.3 Å². The smallest absolute Gasteiger partial charge is 0.229 e. The van der Waals surface area contributed by atoms with Crippen molar-refractivity contribution < 1.29 is 9.47 Å². The summed E-state index contributed by atoms with van der Waals surface area (Å²) in [5, 5.41) is 10.0. The Morgan fingerprint density at radius 2 is 1.03 bits per heavy atom. The van der Waals surface area contributed by atoms with Gasteiger partial charge in [-0.15, -0.1) is 0 Å². The fourth-order valence-electron chi connectivity index (χ4n) is 8.55. The van der Waals surface area contributed by atoms with E-state index in [1.54, 1.807) is 57.5 Å². The molecule has 17 heteroatoms. The molecular weight excluding hydrogens is 912 g/mol. The lowest BCUT2D eigenvalue weighted by molar-refractivity contribution is 0.252. The zero-order valence-corrected chi connectivity index (χ0v) is 41.2. The molecule has 0 atom stereocenters. The number of anilines is 7. The minimum absolute atomic E-state index is 0.193. The fourth-order valence-corrected chi connectivity index (χ4v) is 8.70. The number of nitrogens with zero attached hydrogens (tertiary/aromatic N) is 10. The second-order valence-corrected chi connectivity index (χ2v) is 17.5. The largest absolute Gasteiger partial charge is 0.496 e. The lowest BCUT2D eigenvalue weighted by Crippen LogP contribution is -2.29. The molecule has 0 bridgehead atoms. The topological polar surface area (TPSA) is 190 Å². The van der Waals surface area contributed by atoms with Gasteiger partial charge in [0.2, 0.25) is 11.2 Å². The van der Waals surface area contributed by atoms with Gasteiger partial charge in [-0.3, -0.25) is 19.9 Å². The average molecular weight is 972 g/mol. The highest BCUT2D eigenvalue weighted by Crippen LogP contribution is 2.37. The van der Waals surface area contributed by atoms with Crippen molar-refractivity contribution in [1.82, 2.24) is 49.7 Å². The molecule has 10 rings (SSSR count). The van der Waals surface area contributed by atoms with E-state index >= 15 is 0 Å². The Morgan fingerprint density at radius 1 is 0.521 bits per heavy atom. The van der Waals surface area contributed by atoms with Gasteiger partial charge in [0.05, 0.1) is 37.0 Å². The average Bonchev–Trinajstić information content (AvgIpc) is 3.40. The summed E-state index contributed by atoms with van der Waals surface area (Å²) in [5.41, 5.74) is 14.7. The second kappa shape index (κ2) is 24.7. The van der Waals surface area contributed by atoms with Gasteiger partial charge >= 0.3 is 0 Å². The first kappa shape index (κ1) is 49.6. The van der Waals surface area contributed by atoms with Crippen LogP contribution in [0.25, 0.3) is 22.8 Å². The van der Waals surface area contributed by atoms with Gasteiger partial charge < -0.3 is 41.0 Å². The van der Waals surface area contributed by atoms with Crippen LogP contribution >= 0.6 is 11.6 Å². The van der Waals surface area contributed by atoms with Gasteiger partial charge in [-0.1, -0.05) is 24.3 Å². The zero-order valence-electron chi connectivity index (χ0n) is 40.4. The lowest BCUT2D eigenvalue weighted by atomic mass is 9.89. The van der Waals surface area contributed by atoms with E-state index in [0.717, 1.165) is 96.0 Å². The molecule has 8 heterocycles. The number of nitrogen functional groups attached to an aromatic ring is 1. The van der Waals surface area contributed by atoms with Crippen molar-refractivity contribution in [2.24, 2.45) is 0 Å². The molecular formula is C54H59ClN14O2. The summed E-state index contributed by atoms with van der Waals surface area (Å²) in [7, 11) is 7.80. The molecule has 0 unspecified atom stereocenters. The van der Waals surface area contributed by atoms with Gasteiger partial charge in [0.15, 0.2) is 0 Å². The molecule has 0 aliphatic carbocycles. The van der Waals surface area contributed by atoms with E-state index in [0.29, 0.717) is 29.4 Å². The Hall–Kier alpha value is -7.79. The molecule has 2 saturated heterocycles. The lowest BCUT2D eigenvalue weighted by Gasteiger charge is -2.30. The van der Waals surface area contributed by atoms with Crippen LogP contribution < -0.4 is 31.2 Å². The number of aromatic nitrogens is 8. The summed E-state index contributed by atoms with van der Waals surface area (Å²) in [6.07, 6.45) is 15.0. The van der Waals surface area contributed by atoms with E-state index in [-0.39, 0.29) is 5.28 Å². The van der Waals surface area contributed by atoms with Crippen molar-refractivity contribution >= 4 is 51.9 Å². The van der Waals surface area contributed by atoms with Crippen molar-refractivity contribution in [3.63, 3.8) is 0 Å². The van der Waals surface area contributed by atoms with Crippen molar-refractivity contribution in [1.29, 1.82) is 0 Å². The monoisotopic (exact) mass is 970 g/mol. The first-order chi connectivity index (χ1) is 34.7. The van der Waals surface area contributed by atoms with Crippen LogP contribution in [0.1, 0.15) is 48.6 Å². The molecule has 0 saturated carbocycles. The van der Waals surface area contributed by atoms with Gasteiger partial charge in [-0.2, -0.15) is 4.98 Å². The minimum Gasteiger partial charge on any atom is -0.496 e. The quantitative estimate of drug-likeness (QED) is 0.0667. The summed E-state index contributed by atoms with van der Waals surface area (Å²) in [4.78, 5) is 39.3. The molecule has 2 aromatic carbocycles. The third-order valence-electron chi connectivity index (χ3n) is 12.3. The highest BCUT2D eigenvalue weighted by molar-refractivity contribution is 6.28. The normalized spacial score (nSPS) is 14.2. The highest BCUT2D eigenvalue weighted by Gasteiger charge is 2.23. The number of hydrogen-bond donors (Lipinski definition) is 4. The number of nitrogens with two attached hydrogens (primary N) is 1. The maximum atomic E-state index is 5.78. The van der Waals surface area contributed by atoms with E-state index in [9.17, 15) is 0 Å². The van der Waals surface area contributed by atoms with Crippen molar-refractivity contribution in [3.8, 4) is 34.3 Å². The summed E-state index contributed by atoms with van der Waals surface area (Å²) in [6.45, 7) is 4.55. The molecule has 0 spiro atoms. The van der Waals surface area contributed by atoms with E-state index in [1.165, 1.54) is 24.0 Å². The molecule has 8 aromatic rings. The minimum atomic E-state index is 0.193. The van der Waals surface area contributed by atoms with Gasteiger partial charge in [-0.25, -0.2) is 15.0 Å². The predicted octanol–water partition coefficient (Wildman–Crippen LogP) is 10.7. The molecule has 0 radical (unpaired) electrons. The molecule has 6 aromatic heterocycles. The van der Waals surface area contributed by atoms with Crippen LogP contribution in [0.3, 0.4) is 0 Å². The maximum Gasteiger partial charge on any atom is 0.229 e. The van der Waals surface area contributed by atoms with E-state index in [1.807, 2.05) is 84.9 Å². The Balaban J connectivity index is 0.000000158. The molecule has 364 valence electrons. The van der Waals surface area contributed by atoms with Crippen LogP contribution in [0, 0.1) is 0 Å². The first-order valence-corrected chi connectivity index (χ1v) is 23.9. The standard InChI is InChI=1S/C27H29N7O.C14H10ClN5.C13H20N2O/c1-34-16-11-19(12-17-34)21-9-8-20(18-24(21)35-2)31-27-30-15-10-25(33-27)32-23-7-5-14-29-26(23)22-6-3-4-13-28-22;15-14-18-9-6-12(20-14)19-11-5-3-8-17-13(11)10-4-1-2-7-16-10;1-15-7-5-10(6-8-15)12-4-3-11(14)9-13(12)16-2/h3-10,13-15,18-19H,11-12,16-17H2,1-2H3,(H2,30,31,32,33);1-9H,(H,18,19,20);3-4,9-10H,5-8,14H2,1-2H3. The van der Waals surface area contributed by atoms with Crippen molar-refractivity contribution in [3.05, 3.63) is 163 Å². The van der Waals surface area contributed by atoms with Crippen LogP contribution in [-0.4, -0.2) is 104 Å². The Kier molecular flexibility index (Phi) is 17.2. The van der Waals surface area contributed by atoms with Gasteiger partial charge in [0, 0.05) is 60.7 Å². The van der Waals surface area contributed by atoms with Gasteiger partial charge in [-0.05, 0) is 173 Å². The number of rotatable bonds is 12. The van der Waals surface area contributed by atoms with E-state index < -0.39 is 0 Å². The number of hydrogen-bond acceptors (Lipinski definition) is 16. The van der Waals surface area contributed by atoms with Crippen molar-refractivity contribution in [2.75, 3.05) is 76.2 Å². The Labute approximate surface area is 420 Å². The summed E-state index contributed by atoms with van der Waals surface area (Å²) >= 11 is 5.78. The molecule has 2 fully saturated rings. The van der Waals surface area contributed by atoms with Crippen LogP contribution in [0.5, 0.6) is 11.5 Å². The number of likely N-dealkylation sites (tertiary alicyclic amines) is 2. The third kappa shape index (κ3) is 13.7. The molecule has 16 nitrogen and oxygen atoms in total. The SMILES string of the molecule is COc1cc(N)ccc1C1CCN(C)CC1.COc1cc(Nc2nccc(Nc3cccnc3-c3ccccn3)n2)ccc1C1CCN(C)CC1.Clc1nccc(Nc2cccnc2-c2ccccn2)n1. The molecule has 5 N–H and O–H groups in total. The van der Waals surface area contributed by atoms with Crippen LogP contribution in [-0.2, 0) is 0 Å². The molecule has 2 aliphatic rings. The van der Waals surface area contributed by atoms with E-state index in [2.05, 4.69) is 97.9 Å². The maximum absolute atomic E-state index is 5.78. The summed E-state index contributed by atoms with van der Waals surface area (Å²) in [6, 6.07) is 34.9. The number of pyridine rings is 4. The van der Waals surface area contributed by atoms with Crippen molar-refractivity contribution in [2.45, 2.75) is 37.5 Å². The first-order valence-electron chi connectivity index (χ1n) is 23.6. The Bertz CT molecular complexity index is 2940. The molecule has 0 amide bonds. The molecule has 2 aliphatic heterocycles. The third-order valence-corrected chi connectivity index (χ3v) is 12.5. The van der Waals surface area contributed by atoms with Crippen LogP contribution in [0.15, 0.2) is 146 Å². The molecule has 71 heavy (non-hydrogen) atoms. The zero-order chi connectivity index (χ0) is 49.4. The summed E-state index contributed by atoms with van der Waals surface area (Å²) in [5.74, 6) is 4.73. The Morgan fingerprint density at radius 3 is 1.55 bits per heavy atom. The highest BCUT2D eigenvalue weighted by atomic mass is 35.5. The van der Waals surface area contributed by atoms with Gasteiger partial charge in [0.25, 0.3) is 0 Å². The van der Waals surface area contributed by atoms with Gasteiger partial charge in [0.1, 0.15) is 34.5 Å². The number of nitrogens with one attached hydrogen (secondary N) is 3. The summed E-state index contributed by atoms with van der Waals surface area (Å²) < 4.78 is 11.2. The fraction of sp³-hybridized carbons (Fsp3) is 0.259. The second-order valence-electron chi connectivity index (χ2n) is 17.2. The number of methoxy groups -OCH3 is 2. The number of benzene rings is 2. The van der Waals surface area contributed by atoms with E-state index in [4.69, 9.17) is 26.8 Å². The predicted molar refractivity (Wildman–Crippen MR) is 283 cm³/mol. The van der Waals surface area contributed by atoms with Crippen LogP contribution in [0.2, 0.25) is 5.28 Å². The number of halogens is 1. The number of piperidine rings is 2. The number of ether oxygens (including phenoxy) is 2.